The van der Waals surface area contributed by atoms with Gasteiger partial charge in [-0.3, -0.25) is 10.1 Å². The molecule has 0 atom stereocenters. The molecule has 0 radical (unpaired) electrons. The smallest absolute Gasteiger partial charge is 0.340 e. The summed E-state index contributed by atoms with van der Waals surface area (Å²) in [6.45, 7) is -0.633. The minimum Gasteiger partial charge on any atom is -0.452 e. The van der Waals surface area contributed by atoms with E-state index in [0.717, 1.165) is 0 Å². The highest BCUT2D eigenvalue weighted by molar-refractivity contribution is 5.98. The van der Waals surface area contributed by atoms with Crippen molar-refractivity contribution in [1.29, 1.82) is 0 Å². The van der Waals surface area contributed by atoms with Gasteiger partial charge in [0.1, 0.15) is 0 Å². The molecule has 0 spiro atoms. The summed E-state index contributed by atoms with van der Waals surface area (Å²) in [4.78, 5) is 32.8. The zero-order valence-electron chi connectivity index (χ0n) is 9.30. The molecule has 1 aromatic rings. The Kier molecular flexibility index (Phi) is 4.08. The Balaban J connectivity index is 2.60. The van der Waals surface area contributed by atoms with Crippen LogP contribution in [0.5, 0.6) is 0 Å². The van der Waals surface area contributed by atoms with Gasteiger partial charge in [0, 0.05) is 11.4 Å². The largest absolute Gasteiger partial charge is 0.452 e. The van der Waals surface area contributed by atoms with E-state index >= 15 is 0 Å². The van der Waals surface area contributed by atoms with Gasteiger partial charge in [0.05, 0.1) is 5.56 Å². The van der Waals surface area contributed by atoms with E-state index in [0.29, 0.717) is 5.69 Å². The van der Waals surface area contributed by atoms with Crippen molar-refractivity contribution in [3.05, 3.63) is 23.8 Å². The first-order valence-corrected chi connectivity index (χ1v) is 4.81. The van der Waals surface area contributed by atoms with Crippen LogP contribution < -0.4 is 22.5 Å². The van der Waals surface area contributed by atoms with Crippen LogP contribution in [0.2, 0.25) is 0 Å². The third-order valence-corrected chi connectivity index (χ3v) is 1.89. The highest BCUT2D eigenvalue weighted by Gasteiger charge is 2.13. The summed E-state index contributed by atoms with van der Waals surface area (Å²) < 4.78 is 4.63. The molecular formula is C10H12N4O4. The lowest BCUT2D eigenvalue weighted by Crippen LogP contribution is -2.37. The lowest BCUT2D eigenvalue weighted by molar-refractivity contribution is -0.123. The van der Waals surface area contributed by atoms with Gasteiger partial charge < -0.3 is 21.9 Å². The maximum absolute atomic E-state index is 11.5. The van der Waals surface area contributed by atoms with Gasteiger partial charge >= 0.3 is 12.0 Å². The first-order valence-electron chi connectivity index (χ1n) is 4.81. The molecule has 18 heavy (non-hydrogen) atoms. The van der Waals surface area contributed by atoms with Crippen molar-refractivity contribution in [3.8, 4) is 0 Å². The van der Waals surface area contributed by atoms with Crippen LogP contribution in [0.1, 0.15) is 10.4 Å². The van der Waals surface area contributed by atoms with Crippen molar-refractivity contribution in [2.24, 2.45) is 5.73 Å². The molecule has 0 aliphatic carbocycles. The number of carbonyl (C=O) groups is 3. The summed E-state index contributed by atoms with van der Waals surface area (Å²) in [6.07, 6.45) is 0. The first kappa shape index (κ1) is 13.3. The van der Waals surface area contributed by atoms with E-state index in [1.807, 2.05) is 0 Å². The van der Waals surface area contributed by atoms with Gasteiger partial charge in [0.2, 0.25) is 0 Å². The van der Waals surface area contributed by atoms with Gasteiger partial charge in [0.25, 0.3) is 5.91 Å². The topological polar surface area (TPSA) is 151 Å². The van der Waals surface area contributed by atoms with E-state index in [1.165, 1.54) is 18.2 Å². The van der Waals surface area contributed by atoms with E-state index in [-0.39, 0.29) is 11.3 Å². The van der Waals surface area contributed by atoms with Crippen molar-refractivity contribution in [2.75, 3.05) is 18.1 Å². The number of amides is 3. The fourth-order valence-electron chi connectivity index (χ4n) is 1.15. The molecular weight excluding hydrogens is 240 g/mol. The Morgan fingerprint density at radius 1 is 1.22 bits per heavy atom. The minimum absolute atomic E-state index is 0.0797. The van der Waals surface area contributed by atoms with E-state index in [2.05, 4.69) is 4.74 Å². The number of nitrogens with one attached hydrogen (secondary N) is 1. The summed E-state index contributed by atoms with van der Waals surface area (Å²) in [7, 11) is 0. The highest BCUT2D eigenvalue weighted by atomic mass is 16.5. The molecule has 0 aromatic heterocycles. The van der Waals surface area contributed by atoms with Crippen LogP contribution in [0.25, 0.3) is 0 Å². The molecule has 0 heterocycles. The molecule has 8 heteroatoms. The molecule has 0 unspecified atom stereocenters. The number of nitrogen functional groups attached to an aromatic ring is 2. The maximum atomic E-state index is 11.5. The van der Waals surface area contributed by atoms with Crippen molar-refractivity contribution in [2.45, 2.75) is 0 Å². The van der Waals surface area contributed by atoms with E-state index in [9.17, 15) is 14.4 Å². The van der Waals surface area contributed by atoms with Crippen LogP contribution in [0, 0.1) is 0 Å². The lowest BCUT2D eigenvalue weighted by Gasteiger charge is -2.07. The number of hydrogen-bond acceptors (Lipinski definition) is 6. The fourth-order valence-corrected chi connectivity index (χ4v) is 1.15. The van der Waals surface area contributed by atoms with Gasteiger partial charge in [-0.15, -0.1) is 0 Å². The second kappa shape index (κ2) is 5.53. The molecule has 8 nitrogen and oxygen atoms in total. The van der Waals surface area contributed by atoms with Gasteiger partial charge in [-0.05, 0) is 18.2 Å². The number of urea groups is 1. The highest BCUT2D eigenvalue weighted by Crippen LogP contribution is 2.16. The summed E-state index contributed by atoms with van der Waals surface area (Å²) >= 11 is 0. The van der Waals surface area contributed by atoms with Crippen molar-refractivity contribution in [1.82, 2.24) is 5.32 Å². The molecule has 0 fully saturated rings. The van der Waals surface area contributed by atoms with Crippen LogP contribution in [0.3, 0.4) is 0 Å². The predicted octanol–water partition coefficient (Wildman–Crippen LogP) is -0.797. The van der Waals surface area contributed by atoms with E-state index in [1.54, 1.807) is 5.32 Å². The van der Waals surface area contributed by atoms with E-state index in [4.69, 9.17) is 17.2 Å². The Bertz CT molecular complexity index is 501. The Morgan fingerprint density at radius 2 is 1.89 bits per heavy atom. The average molecular weight is 252 g/mol. The summed E-state index contributed by atoms with van der Waals surface area (Å²) in [5.41, 5.74) is 16.3. The normalized spacial score (nSPS) is 9.56. The fraction of sp³-hybridized carbons (Fsp3) is 0.100. The molecule has 7 N–H and O–H groups in total. The van der Waals surface area contributed by atoms with Gasteiger partial charge in [-0.25, -0.2) is 9.59 Å². The second-order valence-corrected chi connectivity index (χ2v) is 3.34. The van der Waals surface area contributed by atoms with Crippen molar-refractivity contribution >= 4 is 29.3 Å². The number of esters is 1. The van der Waals surface area contributed by atoms with Gasteiger partial charge in [-0.1, -0.05) is 0 Å². The minimum atomic E-state index is -1.02. The standard InChI is InChI=1S/C10H12N4O4/c11-5-1-2-6(7(12)3-5)9(16)18-4-8(15)14-10(13)17/h1-3H,4,11-12H2,(H3,13,14,15,17). The number of primary amides is 1. The van der Waals surface area contributed by atoms with Gasteiger partial charge in [0.15, 0.2) is 6.61 Å². The molecule has 1 rings (SSSR count). The third kappa shape index (κ3) is 3.67. The molecule has 96 valence electrons. The number of hydrogen-bond donors (Lipinski definition) is 4. The maximum Gasteiger partial charge on any atom is 0.340 e. The number of imide groups is 1. The van der Waals surface area contributed by atoms with Crippen LogP contribution in [-0.2, 0) is 9.53 Å². The summed E-state index contributed by atoms with van der Waals surface area (Å²) in [5.74, 6) is -1.63. The predicted molar refractivity (Wildman–Crippen MR) is 63.3 cm³/mol. The number of nitrogens with two attached hydrogens (primary N) is 3. The lowest BCUT2D eigenvalue weighted by atomic mass is 10.1. The quantitative estimate of drug-likeness (QED) is 0.408. The van der Waals surface area contributed by atoms with Crippen LogP contribution in [0.4, 0.5) is 16.2 Å². The molecule has 0 aliphatic rings. The van der Waals surface area contributed by atoms with Crippen LogP contribution in [0.15, 0.2) is 18.2 Å². The number of carbonyl (C=O) groups excluding carboxylic acids is 3. The zero-order valence-corrected chi connectivity index (χ0v) is 9.30. The molecule has 0 bridgehead atoms. The van der Waals surface area contributed by atoms with E-state index < -0.39 is 24.5 Å². The third-order valence-electron chi connectivity index (χ3n) is 1.89. The average Bonchev–Trinajstić information content (AvgIpc) is 2.25. The molecule has 0 saturated heterocycles. The molecule has 0 aliphatic heterocycles. The van der Waals surface area contributed by atoms with Crippen LogP contribution >= 0.6 is 0 Å². The second-order valence-electron chi connectivity index (χ2n) is 3.34. The Hall–Kier alpha value is -2.77. The number of anilines is 2. The monoisotopic (exact) mass is 252 g/mol. The zero-order chi connectivity index (χ0) is 13.7. The van der Waals surface area contributed by atoms with Crippen LogP contribution in [-0.4, -0.2) is 24.5 Å². The summed E-state index contributed by atoms with van der Waals surface area (Å²) in [6, 6.07) is 3.21. The SMILES string of the molecule is NC(=O)NC(=O)COC(=O)c1ccc(N)cc1N. The Morgan fingerprint density at radius 3 is 2.44 bits per heavy atom. The molecule has 0 saturated carbocycles. The molecule has 3 amide bonds. The van der Waals surface area contributed by atoms with Crippen molar-refractivity contribution in [3.63, 3.8) is 0 Å². The van der Waals surface area contributed by atoms with Crippen molar-refractivity contribution < 1.29 is 19.1 Å². The number of ether oxygens (including phenoxy) is 1. The number of rotatable bonds is 3. The van der Waals surface area contributed by atoms with Gasteiger partial charge in [-0.2, -0.15) is 0 Å². The number of benzene rings is 1. The summed E-state index contributed by atoms with van der Waals surface area (Å²) in [5, 5.41) is 1.74. The Labute approximate surface area is 102 Å². The first-order chi connectivity index (χ1) is 8.40. The molecule has 1 aromatic carbocycles.